The lowest BCUT2D eigenvalue weighted by atomic mass is 10.0. The van der Waals surface area contributed by atoms with Crippen LogP contribution in [0.3, 0.4) is 0 Å². The van der Waals surface area contributed by atoms with Gasteiger partial charge in [-0.1, -0.05) is 18.2 Å². The second-order valence-corrected chi connectivity index (χ2v) is 9.25. The van der Waals surface area contributed by atoms with Crippen LogP contribution in [0.2, 0.25) is 0 Å². The standard InChI is InChI=1S/C26H31N5O2/c1-29-15-11-21(12-16-29)28-25(32)20-8-5-7-19(17-20)23-9-6-10-24-22(18-27-31(23)24)26(33)30-13-3-2-4-14-30/h5-10,17-18,21H,2-4,11-16H2,1H3,(H,28,32). The zero-order chi connectivity index (χ0) is 22.8. The molecule has 2 amide bonds. The zero-order valence-electron chi connectivity index (χ0n) is 19.2. The predicted octanol–water partition coefficient (Wildman–Crippen LogP) is 3.45. The summed E-state index contributed by atoms with van der Waals surface area (Å²) in [6, 6.07) is 13.7. The second-order valence-electron chi connectivity index (χ2n) is 9.25. The highest BCUT2D eigenvalue weighted by Gasteiger charge is 2.23. The molecule has 0 aliphatic carbocycles. The summed E-state index contributed by atoms with van der Waals surface area (Å²) in [6.45, 7) is 3.63. The number of pyridine rings is 1. The van der Waals surface area contributed by atoms with Crippen LogP contribution in [0.15, 0.2) is 48.7 Å². The van der Waals surface area contributed by atoms with Crippen molar-refractivity contribution < 1.29 is 9.59 Å². The molecular formula is C26H31N5O2. The summed E-state index contributed by atoms with van der Waals surface area (Å²) in [5, 5.41) is 7.74. The van der Waals surface area contributed by atoms with E-state index in [0.717, 1.165) is 68.6 Å². The molecule has 33 heavy (non-hydrogen) atoms. The third kappa shape index (κ3) is 4.50. The molecule has 3 aromatic rings. The Morgan fingerprint density at radius 2 is 1.73 bits per heavy atom. The molecule has 2 saturated heterocycles. The minimum absolute atomic E-state index is 0.0417. The van der Waals surface area contributed by atoms with Gasteiger partial charge in [-0.3, -0.25) is 9.59 Å². The lowest BCUT2D eigenvalue weighted by Crippen LogP contribution is -2.43. The van der Waals surface area contributed by atoms with E-state index < -0.39 is 0 Å². The quantitative estimate of drug-likeness (QED) is 0.668. The van der Waals surface area contributed by atoms with Crippen LogP contribution in [0, 0.1) is 0 Å². The van der Waals surface area contributed by atoms with Crippen LogP contribution in [0.5, 0.6) is 0 Å². The molecule has 0 bridgehead atoms. The highest BCUT2D eigenvalue weighted by atomic mass is 16.2. The molecule has 172 valence electrons. The largest absolute Gasteiger partial charge is 0.349 e. The van der Waals surface area contributed by atoms with E-state index >= 15 is 0 Å². The Bertz CT molecular complexity index is 1160. The minimum Gasteiger partial charge on any atom is -0.349 e. The van der Waals surface area contributed by atoms with Gasteiger partial charge in [0.05, 0.1) is 23.0 Å². The van der Waals surface area contributed by atoms with Gasteiger partial charge >= 0.3 is 0 Å². The van der Waals surface area contributed by atoms with Gasteiger partial charge in [0, 0.05) is 30.3 Å². The summed E-state index contributed by atoms with van der Waals surface area (Å²) in [5.41, 5.74) is 3.83. The smallest absolute Gasteiger partial charge is 0.257 e. The Hall–Kier alpha value is -3.19. The van der Waals surface area contributed by atoms with Gasteiger partial charge in [0.25, 0.3) is 11.8 Å². The topological polar surface area (TPSA) is 70.0 Å². The molecule has 1 aromatic carbocycles. The van der Waals surface area contributed by atoms with Crippen molar-refractivity contribution in [1.29, 1.82) is 0 Å². The average Bonchev–Trinajstić information content (AvgIpc) is 3.30. The van der Waals surface area contributed by atoms with Crippen LogP contribution >= 0.6 is 0 Å². The van der Waals surface area contributed by atoms with Crippen molar-refractivity contribution in [3.63, 3.8) is 0 Å². The summed E-state index contributed by atoms with van der Waals surface area (Å²) in [6.07, 6.45) is 6.92. The Labute approximate surface area is 194 Å². The van der Waals surface area contributed by atoms with E-state index in [9.17, 15) is 9.59 Å². The second kappa shape index (κ2) is 9.35. The monoisotopic (exact) mass is 445 g/mol. The first kappa shape index (κ1) is 21.6. The lowest BCUT2D eigenvalue weighted by molar-refractivity contribution is 0.0726. The van der Waals surface area contributed by atoms with Crippen LogP contribution in [0.4, 0.5) is 0 Å². The number of hydrogen-bond donors (Lipinski definition) is 1. The molecule has 0 saturated carbocycles. The van der Waals surface area contributed by atoms with Crippen LogP contribution in [-0.2, 0) is 0 Å². The van der Waals surface area contributed by atoms with Gasteiger partial charge in [-0.25, -0.2) is 4.52 Å². The molecule has 2 fully saturated rings. The van der Waals surface area contributed by atoms with Crippen LogP contribution in [0.1, 0.15) is 52.8 Å². The minimum atomic E-state index is -0.0417. The number of fused-ring (bicyclic) bond motifs is 1. The molecular weight excluding hydrogens is 414 g/mol. The van der Waals surface area contributed by atoms with E-state index in [1.165, 1.54) is 6.42 Å². The zero-order valence-corrected chi connectivity index (χ0v) is 19.2. The van der Waals surface area contributed by atoms with Crippen LogP contribution < -0.4 is 5.32 Å². The summed E-state index contributed by atoms with van der Waals surface area (Å²) >= 11 is 0. The maximum atomic E-state index is 13.1. The molecule has 0 unspecified atom stereocenters. The Morgan fingerprint density at radius 1 is 0.970 bits per heavy atom. The number of carbonyl (C=O) groups is 2. The van der Waals surface area contributed by atoms with Crippen molar-refractivity contribution in [2.24, 2.45) is 0 Å². The number of amides is 2. The van der Waals surface area contributed by atoms with Crippen LogP contribution in [-0.4, -0.2) is 70.5 Å². The number of rotatable bonds is 4. The van der Waals surface area contributed by atoms with Gasteiger partial charge in [0.2, 0.25) is 0 Å². The van der Waals surface area contributed by atoms with Gasteiger partial charge in [0.1, 0.15) is 0 Å². The number of nitrogens with one attached hydrogen (secondary N) is 1. The number of aromatic nitrogens is 2. The van der Waals surface area contributed by atoms with Gasteiger partial charge in [-0.2, -0.15) is 5.10 Å². The summed E-state index contributed by atoms with van der Waals surface area (Å²) in [4.78, 5) is 30.2. The maximum Gasteiger partial charge on any atom is 0.257 e. The molecule has 7 nitrogen and oxygen atoms in total. The molecule has 1 N–H and O–H groups in total. The van der Waals surface area contributed by atoms with E-state index in [1.807, 2.05) is 51.9 Å². The third-order valence-electron chi connectivity index (χ3n) is 6.89. The first-order valence-electron chi connectivity index (χ1n) is 12.0. The highest BCUT2D eigenvalue weighted by molar-refractivity contribution is 6.01. The van der Waals surface area contributed by atoms with Crippen molar-refractivity contribution in [3.05, 3.63) is 59.8 Å². The van der Waals surface area contributed by atoms with Crippen molar-refractivity contribution in [3.8, 4) is 11.3 Å². The van der Waals surface area contributed by atoms with Gasteiger partial charge < -0.3 is 15.1 Å². The van der Waals surface area contributed by atoms with Crippen molar-refractivity contribution in [2.45, 2.75) is 38.1 Å². The summed E-state index contributed by atoms with van der Waals surface area (Å²) < 4.78 is 1.81. The third-order valence-corrected chi connectivity index (χ3v) is 6.89. The fourth-order valence-electron chi connectivity index (χ4n) is 4.90. The first-order valence-corrected chi connectivity index (χ1v) is 12.0. The Kier molecular flexibility index (Phi) is 6.13. The van der Waals surface area contributed by atoms with E-state index in [4.69, 9.17) is 0 Å². The Balaban J connectivity index is 1.40. The maximum absolute atomic E-state index is 13.1. The number of likely N-dealkylation sites (tertiary alicyclic amines) is 2. The predicted molar refractivity (Wildman–Crippen MR) is 128 cm³/mol. The Morgan fingerprint density at radius 3 is 2.52 bits per heavy atom. The summed E-state index contributed by atoms with van der Waals surface area (Å²) in [5.74, 6) is 0.00751. The van der Waals surface area contributed by atoms with Crippen molar-refractivity contribution in [1.82, 2.24) is 24.7 Å². The molecule has 2 aromatic heterocycles. The van der Waals surface area contributed by atoms with Crippen molar-refractivity contribution >= 4 is 17.3 Å². The molecule has 0 spiro atoms. The SMILES string of the molecule is CN1CCC(NC(=O)c2cccc(-c3cccc4c(C(=O)N5CCCCC5)cnn34)c2)CC1. The van der Waals surface area contributed by atoms with E-state index in [-0.39, 0.29) is 17.9 Å². The van der Waals surface area contributed by atoms with E-state index in [2.05, 4.69) is 22.4 Å². The van der Waals surface area contributed by atoms with Gasteiger partial charge in [0.15, 0.2) is 0 Å². The highest BCUT2D eigenvalue weighted by Crippen LogP contribution is 2.25. The number of carbonyl (C=O) groups excluding carboxylic acids is 2. The van der Waals surface area contributed by atoms with Gasteiger partial charge in [-0.05, 0) is 76.5 Å². The summed E-state index contributed by atoms with van der Waals surface area (Å²) in [7, 11) is 2.11. The van der Waals surface area contributed by atoms with Crippen molar-refractivity contribution in [2.75, 3.05) is 33.2 Å². The van der Waals surface area contributed by atoms with Crippen LogP contribution in [0.25, 0.3) is 16.8 Å². The number of nitrogens with zero attached hydrogens (tertiary/aromatic N) is 4. The first-order chi connectivity index (χ1) is 16.1. The molecule has 0 radical (unpaired) electrons. The molecule has 7 heteroatoms. The fraction of sp³-hybridized carbons (Fsp3) is 0.423. The van der Waals surface area contributed by atoms with Gasteiger partial charge in [-0.15, -0.1) is 0 Å². The molecule has 5 rings (SSSR count). The molecule has 2 aliphatic rings. The lowest BCUT2D eigenvalue weighted by Gasteiger charge is -2.29. The molecule has 2 aliphatic heterocycles. The average molecular weight is 446 g/mol. The molecule has 4 heterocycles. The van der Waals surface area contributed by atoms with E-state index in [0.29, 0.717) is 11.1 Å². The number of piperidine rings is 2. The normalized spacial score (nSPS) is 17.9. The van der Waals surface area contributed by atoms with E-state index in [1.54, 1.807) is 6.20 Å². The fourth-order valence-corrected chi connectivity index (χ4v) is 4.90. The number of benzene rings is 1. The number of hydrogen-bond acceptors (Lipinski definition) is 4. The molecule has 0 atom stereocenters.